The van der Waals surface area contributed by atoms with Crippen LogP contribution in [0.1, 0.15) is 26.2 Å². The van der Waals surface area contributed by atoms with Crippen LogP contribution in [0.5, 0.6) is 0 Å². The first-order valence-electron chi connectivity index (χ1n) is 6.27. The minimum Gasteiger partial charge on any atom is -0.393 e. The van der Waals surface area contributed by atoms with Crippen molar-refractivity contribution in [1.82, 2.24) is 10.6 Å². The normalized spacial score (nSPS) is 20.9. The number of amides is 1. The molecule has 1 amide bonds. The fourth-order valence-corrected chi connectivity index (χ4v) is 2.20. The standard InChI is InChI=1S/C12H24N2O3/c1-10(15)3-6-14-11(16)12(9-17-2)4-7-13-8-5-12/h10,13,15H,3-9H2,1-2H3,(H,14,16). The molecule has 0 saturated carbocycles. The number of methoxy groups -OCH3 is 1. The number of hydrogen-bond acceptors (Lipinski definition) is 4. The van der Waals surface area contributed by atoms with Crippen molar-refractivity contribution < 1.29 is 14.6 Å². The molecule has 1 saturated heterocycles. The molecule has 1 heterocycles. The van der Waals surface area contributed by atoms with Crippen LogP contribution in [0.3, 0.4) is 0 Å². The van der Waals surface area contributed by atoms with Gasteiger partial charge >= 0.3 is 0 Å². The predicted molar refractivity (Wildman–Crippen MR) is 65.7 cm³/mol. The van der Waals surface area contributed by atoms with Crippen LogP contribution in [0, 0.1) is 5.41 Å². The molecule has 0 spiro atoms. The first-order valence-corrected chi connectivity index (χ1v) is 6.27. The molecule has 0 aromatic carbocycles. The number of aliphatic hydroxyl groups excluding tert-OH is 1. The maximum atomic E-state index is 12.2. The Kier molecular flexibility index (Phi) is 5.88. The average molecular weight is 244 g/mol. The van der Waals surface area contributed by atoms with E-state index in [1.165, 1.54) is 0 Å². The summed E-state index contributed by atoms with van der Waals surface area (Å²) < 4.78 is 5.20. The summed E-state index contributed by atoms with van der Waals surface area (Å²) in [5.74, 6) is 0.0569. The summed E-state index contributed by atoms with van der Waals surface area (Å²) in [6.07, 6.45) is 1.83. The van der Waals surface area contributed by atoms with Gasteiger partial charge in [0.1, 0.15) is 0 Å². The van der Waals surface area contributed by atoms with Gasteiger partial charge in [-0.1, -0.05) is 0 Å². The lowest BCUT2D eigenvalue weighted by atomic mass is 9.78. The zero-order valence-corrected chi connectivity index (χ0v) is 10.8. The number of piperidine rings is 1. The average Bonchev–Trinajstić information content (AvgIpc) is 2.30. The van der Waals surface area contributed by atoms with Crippen LogP contribution in [-0.2, 0) is 9.53 Å². The zero-order chi connectivity index (χ0) is 12.7. The second-order valence-electron chi connectivity index (χ2n) is 4.86. The number of carbonyl (C=O) groups excluding carboxylic acids is 1. The van der Waals surface area contributed by atoms with Crippen molar-refractivity contribution in [3.8, 4) is 0 Å². The summed E-state index contributed by atoms with van der Waals surface area (Å²) in [6.45, 7) is 4.42. The molecule has 5 heteroatoms. The Morgan fingerprint density at radius 2 is 2.18 bits per heavy atom. The van der Waals surface area contributed by atoms with Gasteiger partial charge < -0.3 is 20.5 Å². The number of aliphatic hydroxyl groups is 1. The minimum absolute atomic E-state index is 0.0569. The first kappa shape index (κ1) is 14.4. The Bertz CT molecular complexity index is 232. The summed E-state index contributed by atoms with van der Waals surface area (Å²) in [4.78, 5) is 12.2. The summed E-state index contributed by atoms with van der Waals surface area (Å²) in [7, 11) is 1.63. The zero-order valence-electron chi connectivity index (χ0n) is 10.8. The van der Waals surface area contributed by atoms with Crippen LogP contribution in [0.4, 0.5) is 0 Å². The van der Waals surface area contributed by atoms with Crippen LogP contribution in [-0.4, -0.2) is 50.5 Å². The topological polar surface area (TPSA) is 70.6 Å². The Hall–Kier alpha value is -0.650. The van der Waals surface area contributed by atoms with Crippen LogP contribution in [0.2, 0.25) is 0 Å². The summed E-state index contributed by atoms with van der Waals surface area (Å²) in [6, 6.07) is 0. The van der Waals surface area contributed by atoms with E-state index in [1.54, 1.807) is 14.0 Å². The maximum absolute atomic E-state index is 12.2. The maximum Gasteiger partial charge on any atom is 0.228 e. The van der Waals surface area contributed by atoms with E-state index in [0.29, 0.717) is 19.6 Å². The van der Waals surface area contributed by atoms with Crippen molar-refractivity contribution >= 4 is 5.91 Å². The molecule has 3 N–H and O–H groups in total. The lowest BCUT2D eigenvalue weighted by Gasteiger charge is -2.35. The lowest BCUT2D eigenvalue weighted by Crippen LogP contribution is -2.50. The molecule has 1 unspecified atom stereocenters. The van der Waals surface area contributed by atoms with Crippen molar-refractivity contribution in [2.75, 3.05) is 33.4 Å². The SMILES string of the molecule is COCC1(C(=O)NCCC(C)O)CCNCC1. The Morgan fingerprint density at radius 3 is 2.71 bits per heavy atom. The molecule has 1 fully saturated rings. The number of carbonyl (C=O) groups is 1. The molecule has 0 radical (unpaired) electrons. The molecule has 17 heavy (non-hydrogen) atoms. The van der Waals surface area contributed by atoms with Crippen molar-refractivity contribution in [2.45, 2.75) is 32.3 Å². The molecule has 1 aliphatic heterocycles. The molecule has 1 aliphatic rings. The van der Waals surface area contributed by atoms with Crippen molar-refractivity contribution in [1.29, 1.82) is 0 Å². The van der Waals surface area contributed by atoms with Gasteiger partial charge in [0, 0.05) is 13.7 Å². The van der Waals surface area contributed by atoms with Crippen molar-refractivity contribution in [3.63, 3.8) is 0 Å². The third-order valence-electron chi connectivity index (χ3n) is 3.31. The predicted octanol–water partition coefficient (Wildman–Crippen LogP) is -0.110. The van der Waals surface area contributed by atoms with E-state index in [1.807, 2.05) is 0 Å². The summed E-state index contributed by atoms with van der Waals surface area (Å²) in [5, 5.41) is 15.3. The number of nitrogens with one attached hydrogen (secondary N) is 2. The molecule has 1 atom stereocenters. The second-order valence-corrected chi connectivity index (χ2v) is 4.86. The fourth-order valence-electron chi connectivity index (χ4n) is 2.20. The first-order chi connectivity index (χ1) is 8.10. The fraction of sp³-hybridized carbons (Fsp3) is 0.917. The van der Waals surface area contributed by atoms with Gasteiger partial charge in [-0.25, -0.2) is 0 Å². The van der Waals surface area contributed by atoms with E-state index in [2.05, 4.69) is 10.6 Å². The number of rotatable bonds is 6. The van der Waals surface area contributed by atoms with Gasteiger partial charge in [-0.05, 0) is 39.3 Å². The Balaban J connectivity index is 2.48. The Labute approximate surface area is 103 Å². The smallest absolute Gasteiger partial charge is 0.228 e. The van der Waals surface area contributed by atoms with Gasteiger partial charge in [-0.2, -0.15) is 0 Å². The van der Waals surface area contributed by atoms with Crippen molar-refractivity contribution in [2.24, 2.45) is 5.41 Å². The minimum atomic E-state index is -0.390. The highest BCUT2D eigenvalue weighted by atomic mass is 16.5. The number of hydrogen-bond donors (Lipinski definition) is 3. The lowest BCUT2D eigenvalue weighted by molar-refractivity contribution is -0.136. The monoisotopic (exact) mass is 244 g/mol. The van der Waals surface area contributed by atoms with Crippen LogP contribution in [0.15, 0.2) is 0 Å². The molecular formula is C12H24N2O3. The molecule has 0 aliphatic carbocycles. The van der Waals surface area contributed by atoms with Crippen LogP contribution < -0.4 is 10.6 Å². The highest BCUT2D eigenvalue weighted by Crippen LogP contribution is 2.29. The van der Waals surface area contributed by atoms with E-state index in [9.17, 15) is 4.79 Å². The molecular weight excluding hydrogens is 220 g/mol. The summed E-state index contributed by atoms with van der Waals surface area (Å²) in [5.41, 5.74) is -0.390. The molecule has 100 valence electrons. The van der Waals surface area contributed by atoms with Gasteiger partial charge in [0.25, 0.3) is 0 Å². The largest absolute Gasteiger partial charge is 0.393 e. The third kappa shape index (κ3) is 4.26. The molecule has 1 rings (SSSR count). The molecule has 0 aromatic heterocycles. The van der Waals surface area contributed by atoms with Gasteiger partial charge in [-0.15, -0.1) is 0 Å². The highest BCUT2D eigenvalue weighted by molar-refractivity contribution is 5.82. The van der Waals surface area contributed by atoms with Crippen LogP contribution in [0.25, 0.3) is 0 Å². The summed E-state index contributed by atoms with van der Waals surface area (Å²) >= 11 is 0. The van der Waals surface area contributed by atoms with Gasteiger partial charge in [0.05, 0.1) is 18.1 Å². The van der Waals surface area contributed by atoms with E-state index in [0.717, 1.165) is 25.9 Å². The van der Waals surface area contributed by atoms with Crippen LogP contribution >= 0.6 is 0 Å². The van der Waals surface area contributed by atoms with Gasteiger partial charge in [0.2, 0.25) is 5.91 Å². The second kappa shape index (κ2) is 6.93. The molecule has 5 nitrogen and oxygen atoms in total. The Morgan fingerprint density at radius 1 is 1.53 bits per heavy atom. The van der Waals surface area contributed by atoms with E-state index < -0.39 is 5.41 Å². The van der Waals surface area contributed by atoms with Gasteiger partial charge in [0.15, 0.2) is 0 Å². The highest BCUT2D eigenvalue weighted by Gasteiger charge is 2.39. The van der Waals surface area contributed by atoms with Crippen molar-refractivity contribution in [3.05, 3.63) is 0 Å². The molecule has 0 bridgehead atoms. The van der Waals surface area contributed by atoms with E-state index in [-0.39, 0.29) is 12.0 Å². The van der Waals surface area contributed by atoms with E-state index >= 15 is 0 Å². The number of ether oxygens (including phenoxy) is 1. The van der Waals surface area contributed by atoms with E-state index in [4.69, 9.17) is 9.84 Å². The molecule has 0 aromatic rings. The third-order valence-corrected chi connectivity index (χ3v) is 3.31. The quantitative estimate of drug-likeness (QED) is 0.610. The van der Waals surface area contributed by atoms with Gasteiger partial charge in [-0.3, -0.25) is 4.79 Å².